The molecule has 0 radical (unpaired) electrons. The van der Waals surface area contributed by atoms with E-state index in [-0.39, 0.29) is 6.04 Å². The quantitative estimate of drug-likeness (QED) is 0.844. The van der Waals surface area contributed by atoms with Crippen LogP contribution in [0.2, 0.25) is 0 Å². The summed E-state index contributed by atoms with van der Waals surface area (Å²) in [6.07, 6.45) is 1.55. The molecule has 0 saturated carbocycles. The number of nitrogens with one attached hydrogen (secondary N) is 2. The van der Waals surface area contributed by atoms with Crippen LogP contribution in [-0.2, 0) is 0 Å². The van der Waals surface area contributed by atoms with Crippen molar-refractivity contribution in [1.82, 2.24) is 9.97 Å². The van der Waals surface area contributed by atoms with Gasteiger partial charge in [0.15, 0.2) is 0 Å². The van der Waals surface area contributed by atoms with Crippen molar-refractivity contribution in [1.29, 1.82) is 0 Å². The molecule has 2 N–H and O–H groups in total. The van der Waals surface area contributed by atoms with E-state index in [0.717, 1.165) is 11.6 Å². The molecule has 0 aliphatic carbocycles. The zero-order valence-electron chi connectivity index (χ0n) is 10.0. The topological polar surface area (TPSA) is 49.8 Å². The highest BCUT2D eigenvalue weighted by Crippen LogP contribution is 2.18. The molecule has 0 aliphatic rings. The van der Waals surface area contributed by atoms with Crippen LogP contribution in [0.1, 0.15) is 18.5 Å². The first-order chi connectivity index (χ1) is 8.29. The first-order valence-corrected chi connectivity index (χ1v) is 5.61. The third-order valence-corrected chi connectivity index (χ3v) is 2.59. The second-order valence-electron chi connectivity index (χ2n) is 3.82. The fraction of sp³-hybridized carbons (Fsp3) is 0.231. The van der Waals surface area contributed by atoms with E-state index >= 15 is 0 Å². The van der Waals surface area contributed by atoms with E-state index < -0.39 is 0 Å². The van der Waals surface area contributed by atoms with Crippen molar-refractivity contribution in [3.63, 3.8) is 0 Å². The SMILES string of the molecule is CNc1cc(NC(C)c2ccccc2)ncn1. The first kappa shape index (κ1) is 11.4. The molecule has 17 heavy (non-hydrogen) atoms. The highest BCUT2D eigenvalue weighted by molar-refractivity contribution is 5.47. The molecule has 0 amide bonds. The number of rotatable bonds is 4. The second-order valence-corrected chi connectivity index (χ2v) is 3.82. The molecule has 2 aromatic rings. The Morgan fingerprint density at radius 2 is 1.76 bits per heavy atom. The van der Waals surface area contributed by atoms with Crippen LogP contribution in [0, 0.1) is 0 Å². The molecule has 1 unspecified atom stereocenters. The molecule has 0 aliphatic heterocycles. The van der Waals surface area contributed by atoms with E-state index in [1.54, 1.807) is 6.33 Å². The van der Waals surface area contributed by atoms with Gasteiger partial charge in [-0.2, -0.15) is 0 Å². The molecule has 0 spiro atoms. The molecular formula is C13H16N4. The van der Waals surface area contributed by atoms with Gasteiger partial charge in [0.25, 0.3) is 0 Å². The van der Waals surface area contributed by atoms with Crippen LogP contribution in [0.25, 0.3) is 0 Å². The standard InChI is InChI=1S/C13H16N4/c1-10(11-6-4-3-5-7-11)17-13-8-12(14-2)15-9-16-13/h3-10H,1-2H3,(H2,14,15,16,17). The molecule has 88 valence electrons. The molecule has 1 heterocycles. The summed E-state index contributed by atoms with van der Waals surface area (Å²) in [6.45, 7) is 2.11. The Balaban J connectivity index is 2.10. The maximum Gasteiger partial charge on any atom is 0.131 e. The predicted molar refractivity (Wildman–Crippen MR) is 70.1 cm³/mol. The molecule has 4 heteroatoms. The molecule has 0 saturated heterocycles. The average molecular weight is 228 g/mol. The largest absolute Gasteiger partial charge is 0.373 e. The molecule has 1 aromatic carbocycles. The molecule has 1 atom stereocenters. The maximum atomic E-state index is 4.19. The van der Waals surface area contributed by atoms with Gasteiger partial charge in [-0.25, -0.2) is 9.97 Å². The Hall–Kier alpha value is -2.10. The molecule has 0 bridgehead atoms. The van der Waals surface area contributed by atoms with Gasteiger partial charge in [-0.1, -0.05) is 30.3 Å². The summed E-state index contributed by atoms with van der Waals surface area (Å²) in [4.78, 5) is 8.27. The van der Waals surface area contributed by atoms with Crippen molar-refractivity contribution in [3.05, 3.63) is 48.3 Å². The zero-order chi connectivity index (χ0) is 12.1. The third-order valence-electron chi connectivity index (χ3n) is 2.59. The van der Waals surface area contributed by atoms with Gasteiger partial charge in [-0.05, 0) is 12.5 Å². The van der Waals surface area contributed by atoms with Crippen molar-refractivity contribution in [3.8, 4) is 0 Å². The Kier molecular flexibility index (Phi) is 3.55. The lowest BCUT2D eigenvalue weighted by Crippen LogP contribution is -2.08. The minimum absolute atomic E-state index is 0.218. The van der Waals surface area contributed by atoms with Gasteiger partial charge in [0.2, 0.25) is 0 Å². The summed E-state index contributed by atoms with van der Waals surface area (Å²) < 4.78 is 0. The number of hydrogen-bond donors (Lipinski definition) is 2. The third kappa shape index (κ3) is 2.93. The van der Waals surface area contributed by atoms with E-state index in [4.69, 9.17) is 0 Å². The minimum atomic E-state index is 0.218. The fourth-order valence-corrected chi connectivity index (χ4v) is 1.62. The van der Waals surface area contributed by atoms with Crippen LogP contribution in [0.15, 0.2) is 42.7 Å². The summed E-state index contributed by atoms with van der Waals surface area (Å²) >= 11 is 0. The Bertz CT molecular complexity index is 470. The van der Waals surface area contributed by atoms with Gasteiger partial charge >= 0.3 is 0 Å². The molecular weight excluding hydrogens is 212 g/mol. The van der Waals surface area contributed by atoms with E-state index in [0.29, 0.717) is 0 Å². The van der Waals surface area contributed by atoms with Crippen LogP contribution >= 0.6 is 0 Å². The van der Waals surface area contributed by atoms with Crippen LogP contribution < -0.4 is 10.6 Å². The van der Waals surface area contributed by atoms with Crippen molar-refractivity contribution in [2.75, 3.05) is 17.7 Å². The van der Waals surface area contributed by atoms with E-state index in [1.807, 2.05) is 31.3 Å². The van der Waals surface area contributed by atoms with E-state index in [2.05, 4.69) is 39.7 Å². The van der Waals surface area contributed by atoms with Crippen LogP contribution in [0.5, 0.6) is 0 Å². The lowest BCUT2D eigenvalue weighted by molar-refractivity contribution is 0.872. The van der Waals surface area contributed by atoms with E-state index in [9.17, 15) is 0 Å². The lowest BCUT2D eigenvalue weighted by atomic mass is 10.1. The van der Waals surface area contributed by atoms with Crippen LogP contribution in [0.3, 0.4) is 0 Å². The first-order valence-electron chi connectivity index (χ1n) is 5.61. The van der Waals surface area contributed by atoms with Gasteiger partial charge in [0.1, 0.15) is 18.0 Å². The summed E-state index contributed by atoms with van der Waals surface area (Å²) in [5, 5.41) is 6.33. The molecule has 0 fully saturated rings. The zero-order valence-corrected chi connectivity index (χ0v) is 10.0. The van der Waals surface area contributed by atoms with Crippen LogP contribution in [-0.4, -0.2) is 17.0 Å². The number of hydrogen-bond acceptors (Lipinski definition) is 4. The van der Waals surface area contributed by atoms with Crippen molar-refractivity contribution in [2.45, 2.75) is 13.0 Å². The highest BCUT2D eigenvalue weighted by atomic mass is 15.1. The molecule has 2 rings (SSSR count). The number of aromatic nitrogens is 2. The Morgan fingerprint density at radius 3 is 2.47 bits per heavy atom. The minimum Gasteiger partial charge on any atom is -0.373 e. The summed E-state index contributed by atoms with van der Waals surface area (Å²) in [5.41, 5.74) is 1.23. The van der Waals surface area contributed by atoms with E-state index in [1.165, 1.54) is 5.56 Å². The van der Waals surface area contributed by atoms with Gasteiger partial charge in [-0.3, -0.25) is 0 Å². The number of nitrogens with zero attached hydrogens (tertiary/aromatic N) is 2. The molecule has 1 aromatic heterocycles. The van der Waals surface area contributed by atoms with Gasteiger partial charge < -0.3 is 10.6 Å². The fourth-order valence-electron chi connectivity index (χ4n) is 1.62. The monoisotopic (exact) mass is 228 g/mol. The Morgan fingerprint density at radius 1 is 1.06 bits per heavy atom. The average Bonchev–Trinajstić information content (AvgIpc) is 2.40. The second kappa shape index (κ2) is 5.30. The molecule has 4 nitrogen and oxygen atoms in total. The smallest absolute Gasteiger partial charge is 0.131 e. The maximum absolute atomic E-state index is 4.19. The van der Waals surface area contributed by atoms with Crippen molar-refractivity contribution >= 4 is 11.6 Å². The van der Waals surface area contributed by atoms with Crippen molar-refractivity contribution in [2.24, 2.45) is 0 Å². The Labute approximate surface area is 101 Å². The summed E-state index contributed by atoms with van der Waals surface area (Å²) in [5.74, 6) is 1.63. The van der Waals surface area contributed by atoms with Gasteiger partial charge in [-0.15, -0.1) is 0 Å². The normalized spacial score (nSPS) is 11.9. The highest BCUT2D eigenvalue weighted by Gasteiger charge is 2.05. The number of anilines is 2. The lowest BCUT2D eigenvalue weighted by Gasteiger charge is -2.15. The summed E-state index contributed by atoms with van der Waals surface area (Å²) in [6, 6.07) is 12.4. The summed E-state index contributed by atoms with van der Waals surface area (Å²) in [7, 11) is 1.84. The van der Waals surface area contributed by atoms with Gasteiger partial charge in [0.05, 0.1) is 0 Å². The predicted octanol–water partition coefficient (Wildman–Crippen LogP) is 2.69. The van der Waals surface area contributed by atoms with Crippen molar-refractivity contribution < 1.29 is 0 Å². The number of benzene rings is 1. The van der Waals surface area contributed by atoms with Crippen LogP contribution in [0.4, 0.5) is 11.6 Å². The van der Waals surface area contributed by atoms with Gasteiger partial charge in [0, 0.05) is 19.2 Å².